The Morgan fingerprint density at radius 2 is 2.03 bits per heavy atom. The van der Waals surface area contributed by atoms with Gasteiger partial charge in [0.2, 0.25) is 10.0 Å². The van der Waals surface area contributed by atoms with Crippen LogP contribution < -0.4 is 16.0 Å². The van der Waals surface area contributed by atoms with Crippen molar-refractivity contribution in [2.45, 2.75) is 50.2 Å². The molecule has 9 nitrogen and oxygen atoms in total. The second kappa shape index (κ2) is 6.97. The number of aromatic nitrogens is 2. The molecular formula is C19H22N4O5S. The third-order valence-electron chi connectivity index (χ3n) is 5.35. The van der Waals surface area contributed by atoms with E-state index in [1.807, 2.05) is 0 Å². The smallest absolute Gasteiger partial charge is 0.271 e. The highest BCUT2D eigenvalue weighted by Crippen LogP contribution is 2.33. The number of nitrogens with two attached hydrogens (primary N) is 1. The van der Waals surface area contributed by atoms with Crippen molar-refractivity contribution in [2.24, 2.45) is 0 Å². The number of nitrogens with one attached hydrogen (secondary N) is 2. The minimum absolute atomic E-state index is 0.0351. The second-order valence-electron chi connectivity index (χ2n) is 7.41. The van der Waals surface area contributed by atoms with Crippen molar-refractivity contribution in [1.82, 2.24) is 14.9 Å². The Labute approximate surface area is 167 Å². The number of aryl methyl sites for hydroxylation is 2. The highest BCUT2D eigenvalue weighted by atomic mass is 32.2. The zero-order valence-corrected chi connectivity index (χ0v) is 16.8. The van der Waals surface area contributed by atoms with Gasteiger partial charge in [-0.25, -0.2) is 13.1 Å². The van der Waals surface area contributed by atoms with Crippen LogP contribution in [0.1, 0.15) is 30.7 Å². The zero-order valence-electron chi connectivity index (χ0n) is 16.0. The van der Waals surface area contributed by atoms with Crippen LogP contribution in [0.3, 0.4) is 0 Å². The molecule has 5 N–H and O–H groups in total. The van der Waals surface area contributed by atoms with Gasteiger partial charge in [-0.05, 0) is 56.9 Å². The summed E-state index contributed by atoms with van der Waals surface area (Å²) in [5, 5.41) is 14.3. The molecule has 2 atom stereocenters. The molecule has 2 heterocycles. The van der Waals surface area contributed by atoms with E-state index in [9.17, 15) is 18.3 Å². The van der Waals surface area contributed by atoms with Gasteiger partial charge < -0.3 is 20.3 Å². The number of nitrogens with zero attached hydrogens (tertiary/aromatic N) is 1. The average molecular weight is 418 g/mol. The van der Waals surface area contributed by atoms with Crippen molar-refractivity contribution in [3.63, 3.8) is 0 Å². The van der Waals surface area contributed by atoms with E-state index in [-0.39, 0.29) is 16.0 Å². The molecule has 2 unspecified atom stereocenters. The quantitative estimate of drug-likeness (QED) is 0.502. The first-order chi connectivity index (χ1) is 13.7. The fraction of sp³-hybridized carbons (Fsp3) is 0.368. The monoisotopic (exact) mass is 418 g/mol. The van der Waals surface area contributed by atoms with Crippen molar-refractivity contribution in [2.75, 3.05) is 5.73 Å². The summed E-state index contributed by atoms with van der Waals surface area (Å²) in [7, 11) is -4.01. The number of hydrogen-bond donors (Lipinski definition) is 4. The van der Waals surface area contributed by atoms with E-state index in [0.29, 0.717) is 40.9 Å². The SMILES string of the molecule is Cc1noc(C)c1-c1cc(S(=O)(=O)NC2CCCC2O)c2cc(N)c(=O)[nH]c2c1. The van der Waals surface area contributed by atoms with Gasteiger partial charge in [-0.2, -0.15) is 0 Å². The molecule has 2 aromatic heterocycles. The van der Waals surface area contributed by atoms with E-state index in [2.05, 4.69) is 14.9 Å². The normalized spacial score (nSPS) is 19.8. The first-order valence-corrected chi connectivity index (χ1v) is 10.8. The van der Waals surface area contributed by atoms with E-state index in [0.717, 1.165) is 6.42 Å². The molecule has 1 saturated carbocycles. The highest BCUT2D eigenvalue weighted by molar-refractivity contribution is 7.89. The van der Waals surface area contributed by atoms with Gasteiger partial charge in [0.15, 0.2) is 0 Å². The summed E-state index contributed by atoms with van der Waals surface area (Å²) in [5.41, 5.74) is 7.28. The maximum Gasteiger partial charge on any atom is 0.271 e. The molecule has 0 spiro atoms. The Balaban J connectivity index is 1.96. The Bertz CT molecular complexity index is 1240. The van der Waals surface area contributed by atoms with Crippen LogP contribution in [0.15, 0.2) is 32.4 Å². The summed E-state index contributed by atoms with van der Waals surface area (Å²) >= 11 is 0. The van der Waals surface area contributed by atoms with Crippen LogP contribution in [0.2, 0.25) is 0 Å². The van der Waals surface area contributed by atoms with Gasteiger partial charge in [-0.3, -0.25) is 4.79 Å². The molecule has 1 aliphatic carbocycles. The molecule has 10 heteroatoms. The fourth-order valence-electron chi connectivity index (χ4n) is 3.90. The molecule has 4 rings (SSSR count). The van der Waals surface area contributed by atoms with Crippen molar-refractivity contribution in [3.8, 4) is 11.1 Å². The number of anilines is 1. The largest absolute Gasteiger partial charge is 0.394 e. The molecule has 1 aliphatic rings. The summed E-state index contributed by atoms with van der Waals surface area (Å²) in [6.45, 7) is 3.48. The lowest BCUT2D eigenvalue weighted by Crippen LogP contribution is -2.39. The van der Waals surface area contributed by atoms with E-state index < -0.39 is 27.7 Å². The van der Waals surface area contributed by atoms with Crippen LogP contribution in [-0.4, -0.2) is 35.8 Å². The molecular weight excluding hydrogens is 396 g/mol. The van der Waals surface area contributed by atoms with Gasteiger partial charge >= 0.3 is 0 Å². The molecule has 0 aliphatic heterocycles. The Morgan fingerprint density at radius 3 is 2.66 bits per heavy atom. The molecule has 29 heavy (non-hydrogen) atoms. The van der Waals surface area contributed by atoms with E-state index in [1.54, 1.807) is 19.9 Å². The summed E-state index contributed by atoms with van der Waals surface area (Å²) in [4.78, 5) is 14.6. The van der Waals surface area contributed by atoms with Crippen LogP contribution in [0.4, 0.5) is 5.69 Å². The maximum absolute atomic E-state index is 13.2. The fourth-order valence-corrected chi connectivity index (χ4v) is 5.44. The topological polar surface area (TPSA) is 151 Å². The standard InChI is InChI=1S/C19H22N4O5S/c1-9-18(10(2)28-22-9)11-6-15-12(8-13(20)19(25)21-15)17(7-11)29(26,27)23-14-4-3-5-16(14)24/h6-8,14,16,23-24H,3-5,20H2,1-2H3,(H,21,25). The van der Waals surface area contributed by atoms with Crippen molar-refractivity contribution >= 4 is 26.6 Å². The molecule has 3 aromatic rings. The van der Waals surface area contributed by atoms with Gasteiger partial charge in [-0.15, -0.1) is 0 Å². The number of aliphatic hydroxyl groups is 1. The second-order valence-corrected chi connectivity index (χ2v) is 9.10. The van der Waals surface area contributed by atoms with E-state index in [1.165, 1.54) is 12.1 Å². The van der Waals surface area contributed by atoms with Crippen LogP contribution in [0.25, 0.3) is 22.0 Å². The molecule has 154 valence electrons. The number of rotatable bonds is 4. The predicted molar refractivity (Wildman–Crippen MR) is 108 cm³/mol. The molecule has 0 saturated heterocycles. The first-order valence-electron chi connectivity index (χ1n) is 9.27. The van der Waals surface area contributed by atoms with Crippen molar-refractivity contribution in [1.29, 1.82) is 0 Å². The van der Waals surface area contributed by atoms with Crippen LogP contribution in [0, 0.1) is 13.8 Å². The molecule has 0 amide bonds. The van der Waals surface area contributed by atoms with Gasteiger partial charge in [0, 0.05) is 17.0 Å². The number of benzene rings is 1. The van der Waals surface area contributed by atoms with Gasteiger partial charge in [-0.1, -0.05) is 5.16 Å². The van der Waals surface area contributed by atoms with Crippen LogP contribution in [0.5, 0.6) is 0 Å². The minimum Gasteiger partial charge on any atom is -0.394 e. The Kier molecular flexibility index (Phi) is 4.72. The highest BCUT2D eigenvalue weighted by Gasteiger charge is 2.31. The minimum atomic E-state index is -4.01. The summed E-state index contributed by atoms with van der Waals surface area (Å²) in [6, 6.07) is 3.98. The number of aliphatic hydroxyl groups excluding tert-OH is 1. The molecule has 1 aromatic carbocycles. The van der Waals surface area contributed by atoms with Crippen LogP contribution in [-0.2, 0) is 10.0 Å². The lowest BCUT2D eigenvalue weighted by Gasteiger charge is -2.18. The maximum atomic E-state index is 13.2. The average Bonchev–Trinajstić information content (AvgIpc) is 3.20. The lowest BCUT2D eigenvalue weighted by atomic mass is 10.0. The number of aromatic amines is 1. The van der Waals surface area contributed by atoms with Crippen molar-refractivity contribution in [3.05, 3.63) is 40.0 Å². The Morgan fingerprint density at radius 1 is 1.28 bits per heavy atom. The van der Waals surface area contributed by atoms with Gasteiger partial charge in [0.05, 0.1) is 27.9 Å². The van der Waals surface area contributed by atoms with E-state index in [4.69, 9.17) is 10.3 Å². The number of nitrogen functional groups attached to an aromatic ring is 1. The number of fused-ring (bicyclic) bond motifs is 1. The first kappa shape index (κ1) is 19.6. The molecule has 1 fully saturated rings. The zero-order chi connectivity index (χ0) is 20.9. The summed E-state index contributed by atoms with van der Waals surface area (Å²) < 4.78 is 34.3. The molecule has 0 radical (unpaired) electrons. The Hall–Kier alpha value is -2.69. The third-order valence-corrected chi connectivity index (χ3v) is 6.88. The number of pyridine rings is 1. The number of sulfonamides is 1. The number of hydrogen-bond acceptors (Lipinski definition) is 7. The molecule has 0 bridgehead atoms. The van der Waals surface area contributed by atoms with E-state index >= 15 is 0 Å². The van der Waals surface area contributed by atoms with Gasteiger partial charge in [0.1, 0.15) is 5.76 Å². The third kappa shape index (κ3) is 3.43. The summed E-state index contributed by atoms with van der Waals surface area (Å²) in [5.74, 6) is 0.530. The van der Waals surface area contributed by atoms with Crippen LogP contribution >= 0.6 is 0 Å². The van der Waals surface area contributed by atoms with Gasteiger partial charge in [0.25, 0.3) is 5.56 Å². The number of H-pyrrole nitrogens is 1. The predicted octanol–water partition coefficient (Wildman–Crippen LogP) is 1.57. The lowest BCUT2D eigenvalue weighted by molar-refractivity contribution is 0.159. The summed E-state index contributed by atoms with van der Waals surface area (Å²) in [6.07, 6.45) is 1.12. The van der Waals surface area contributed by atoms with Crippen molar-refractivity contribution < 1.29 is 18.0 Å².